The summed E-state index contributed by atoms with van der Waals surface area (Å²) < 4.78 is 1.85. The summed E-state index contributed by atoms with van der Waals surface area (Å²) in [6.07, 6.45) is 2.41. The van der Waals surface area contributed by atoms with Crippen LogP contribution in [0.15, 0.2) is 6.07 Å². The first-order chi connectivity index (χ1) is 7.61. The Bertz CT molecular complexity index is 396. The minimum atomic E-state index is -0.189. The molecule has 1 fully saturated rings. The maximum absolute atomic E-state index is 11.3. The van der Waals surface area contributed by atoms with Gasteiger partial charge in [-0.15, -0.1) is 11.6 Å². The van der Waals surface area contributed by atoms with Crippen molar-refractivity contribution in [1.29, 1.82) is 0 Å². The van der Waals surface area contributed by atoms with E-state index in [-0.39, 0.29) is 17.8 Å². The molecule has 0 aromatic carbocycles. The highest BCUT2D eigenvalue weighted by Crippen LogP contribution is 2.40. The molecule has 1 N–H and O–H groups in total. The molecular formula is C11H16ClN3O. The normalized spacial score (nSPS) is 15.5. The first-order valence-electron chi connectivity index (χ1n) is 5.57. The second kappa shape index (κ2) is 4.45. The molecule has 1 aliphatic rings. The third kappa shape index (κ3) is 2.38. The lowest BCUT2D eigenvalue weighted by Crippen LogP contribution is -2.17. The monoisotopic (exact) mass is 241 g/mol. The lowest BCUT2D eigenvalue weighted by molar-refractivity contribution is -0.114. The summed E-state index contributed by atoms with van der Waals surface area (Å²) in [5.41, 5.74) is 1.08. The standard InChI is InChI=1S/C11H16ClN3O/c1-7(2)15-10(13-11(16)6-12)5-9(14-15)8-3-4-8/h5,7-8H,3-4,6H2,1-2H3,(H,13,16). The van der Waals surface area contributed by atoms with Crippen molar-refractivity contribution >= 4 is 23.3 Å². The van der Waals surface area contributed by atoms with Gasteiger partial charge in [-0.25, -0.2) is 4.68 Å². The summed E-state index contributed by atoms with van der Waals surface area (Å²) in [6, 6.07) is 2.19. The van der Waals surface area contributed by atoms with Crippen LogP contribution in [0.4, 0.5) is 5.82 Å². The van der Waals surface area contributed by atoms with Gasteiger partial charge in [-0.2, -0.15) is 5.10 Å². The Balaban J connectivity index is 2.22. The zero-order valence-corrected chi connectivity index (χ0v) is 10.3. The molecule has 0 aliphatic heterocycles. The molecule has 1 aromatic heterocycles. The molecule has 5 heteroatoms. The first-order valence-corrected chi connectivity index (χ1v) is 6.10. The number of hydrogen-bond acceptors (Lipinski definition) is 2. The van der Waals surface area contributed by atoms with E-state index in [1.54, 1.807) is 0 Å². The summed E-state index contributed by atoms with van der Waals surface area (Å²) >= 11 is 5.47. The largest absolute Gasteiger partial charge is 0.310 e. The molecule has 0 radical (unpaired) electrons. The molecular weight excluding hydrogens is 226 g/mol. The fourth-order valence-corrected chi connectivity index (χ4v) is 1.72. The lowest BCUT2D eigenvalue weighted by atomic mass is 10.3. The molecule has 0 bridgehead atoms. The number of carbonyl (C=O) groups is 1. The number of alkyl halides is 1. The number of halogens is 1. The Labute approximate surface area is 100.0 Å². The van der Waals surface area contributed by atoms with E-state index in [4.69, 9.17) is 11.6 Å². The van der Waals surface area contributed by atoms with Gasteiger partial charge in [0.25, 0.3) is 0 Å². The molecule has 1 aliphatic carbocycles. The summed E-state index contributed by atoms with van der Waals surface area (Å²) in [5, 5.41) is 7.29. The molecule has 2 rings (SSSR count). The SMILES string of the molecule is CC(C)n1nc(C2CC2)cc1NC(=O)CCl. The summed E-state index contributed by atoms with van der Waals surface area (Å²) in [7, 11) is 0. The van der Waals surface area contributed by atoms with Gasteiger partial charge in [0.15, 0.2) is 0 Å². The van der Waals surface area contributed by atoms with Crippen molar-refractivity contribution in [3.05, 3.63) is 11.8 Å². The van der Waals surface area contributed by atoms with E-state index in [1.807, 2.05) is 24.6 Å². The molecule has 1 aromatic rings. The first kappa shape index (κ1) is 11.5. The van der Waals surface area contributed by atoms with Crippen molar-refractivity contribution in [2.45, 2.75) is 38.6 Å². The van der Waals surface area contributed by atoms with Gasteiger partial charge in [-0.1, -0.05) is 0 Å². The van der Waals surface area contributed by atoms with Crippen LogP contribution in [-0.2, 0) is 4.79 Å². The van der Waals surface area contributed by atoms with Gasteiger partial charge < -0.3 is 5.32 Å². The molecule has 16 heavy (non-hydrogen) atoms. The van der Waals surface area contributed by atoms with E-state index in [9.17, 15) is 4.79 Å². The van der Waals surface area contributed by atoms with E-state index in [0.717, 1.165) is 11.5 Å². The number of aromatic nitrogens is 2. The number of carbonyl (C=O) groups excluding carboxylic acids is 1. The smallest absolute Gasteiger partial charge is 0.240 e. The van der Waals surface area contributed by atoms with E-state index in [0.29, 0.717) is 5.92 Å². The number of rotatable bonds is 4. The van der Waals surface area contributed by atoms with Crippen LogP contribution in [0.2, 0.25) is 0 Å². The third-order valence-electron chi connectivity index (χ3n) is 2.63. The van der Waals surface area contributed by atoms with Crippen molar-refractivity contribution in [3.63, 3.8) is 0 Å². The topological polar surface area (TPSA) is 46.9 Å². The van der Waals surface area contributed by atoms with Gasteiger partial charge in [-0.3, -0.25) is 4.79 Å². The lowest BCUT2D eigenvalue weighted by Gasteiger charge is -2.10. The zero-order chi connectivity index (χ0) is 11.7. The average molecular weight is 242 g/mol. The molecule has 88 valence electrons. The molecule has 0 atom stereocenters. The predicted octanol–water partition coefficient (Wildman–Crippen LogP) is 2.52. The Hall–Kier alpha value is -1.03. The molecule has 1 amide bonds. The molecule has 1 heterocycles. The van der Waals surface area contributed by atoms with Crippen LogP contribution in [0, 0.1) is 0 Å². The van der Waals surface area contributed by atoms with Gasteiger partial charge in [0, 0.05) is 18.0 Å². The number of amides is 1. The van der Waals surface area contributed by atoms with Crippen molar-refractivity contribution in [2.24, 2.45) is 0 Å². The number of hydrogen-bond donors (Lipinski definition) is 1. The minimum absolute atomic E-state index is 0.0258. The third-order valence-corrected chi connectivity index (χ3v) is 2.87. The van der Waals surface area contributed by atoms with E-state index in [2.05, 4.69) is 10.4 Å². The van der Waals surface area contributed by atoms with Crippen LogP contribution < -0.4 is 5.32 Å². The van der Waals surface area contributed by atoms with Crippen LogP contribution >= 0.6 is 11.6 Å². The number of nitrogens with one attached hydrogen (secondary N) is 1. The Morgan fingerprint density at radius 1 is 1.69 bits per heavy atom. The van der Waals surface area contributed by atoms with Crippen LogP contribution in [0.25, 0.3) is 0 Å². The van der Waals surface area contributed by atoms with Crippen LogP contribution in [-0.4, -0.2) is 21.6 Å². The Morgan fingerprint density at radius 2 is 2.38 bits per heavy atom. The van der Waals surface area contributed by atoms with Gasteiger partial charge in [0.05, 0.1) is 5.69 Å². The van der Waals surface area contributed by atoms with E-state index >= 15 is 0 Å². The molecule has 4 nitrogen and oxygen atoms in total. The highest BCUT2D eigenvalue weighted by Gasteiger charge is 2.27. The average Bonchev–Trinajstić information content (AvgIpc) is 3.00. The van der Waals surface area contributed by atoms with Gasteiger partial charge >= 0.3 is 0 Å². The van der Waals surface area contributed by atoms with E-state index in [1.165, 1.54) is 12.8 Å². The second-order valence-electron chi connectivity index (χ2n) is 4.45. The maximum Gasteiger partial charge on any atom is 0.240 e. The summed E-state index contributed by atoms with van der Waals surface area (Å²) in [6.45, 7) is 4.08. The van der Waals surface area contributed by atoms with E-state index < -0.39 is 0 Å². The highest BCUT2D eigenvalue weighted by molar-refractivity contribution is 6.29. The number of anilines is 1. The zero-order valence-electron chi connectivity index (χ0n) is 9.53. The Morgan fingerprint density at radius 3 is 2.88 bits per heavy atom. The van der Waals surface area contributed by atoms with Crippen molar-refractivity contribution < 1.29 is 4.79 Å². The fraction of sp³-hybridized carbons (Fsp3) is 0.636. The summed E-state index contributed by atoms with van der Waals surface area (Å²) in [4.78, 5) is 11.3. The minimum Gasteiger partial charge on any atom is -0.310 e. The Kier molecular flexibility index (Phi) is 3.19. The van der Waals surface area contributed by atoms with Gasteiger partial charge in [0.2, 0.25) is 5.91 Å². The summed E-state index contributed by atoms with van der Waals surface area (Å²) in [5.74, 6) is 1.13. The predicted molar refractivity (Wildman–Crippen MR) is 63.9 cm³/mol. The number of nitrogens with zero attached hydrogens (tertiary/aromatic N) is 2. The van der Waals surface area contributed by atoms with Crippen LogP contribution in [0.5, 0.6) is 0 Å². The molecule has 0 spiro atoms. The molecule has 0 saturated heterocycles. The quantitative estimate of drug-likeness (QED) is 0.824. The second-order valence-corrected chi connectivity index (χ2v) is 4.72. The van der Waals surface area contributed by atoms with Crippen molar-refractivity contribution in [3.8, 4) is 0 Å². The maximum atomic E-state index is 11.3. The molecule has 1 saturated carbocycles. The van der Waals surface area contributed by atoms with Gasteiger partial charge in [0.1, 0.15) is 11.7 Å². The van der Waals surface area contributed by atoms with Crippen molar-refractivity contribution in [2.75, 3.05) is 11.2 Å². The van der Waals surface area contributed by atoms with Crippen LogP contribution in [0.1, 0.15) is 44.3 Å². The fourth-order valence-electron chi connectivity index (χ4n) is 1.66. The van der Waals surface area contributed by atoms with Crippen LogP contribution in [0.3, 0.4) is 0 Å². The van der Waals surface area contributed by atoms with Crippen molar-refractivity contribution in [1.82, 2.24) is 9.78 Å². The molecule has 0 unspecified atom stereocenters. The van der Waals surface area contributed by atoms with Gasteiger partial charge in [-0.05, 0) is 26.7 Å². The highest BCUT2D eigenvalue weighted by atomic mass is 35.5.